The van der Waals surface area contributed by atoms with Gasteiger partial charge in [0.1, 0.15) is 11.6 Å². The van der Waals surface area contributed by atoms with E-state index in [0.29, 0.717) is 12.4 Å². The van der Waals surface area contributed by atoms with Crippen LogP contribution in [0, 0.1) is 0 Å². The maximum atomic E-state index is 13.5. The molecule has 2 aliphatic rings. The summed E-state index contributed by atoms with van der Waals surface area (Å²) in [6.07, 6.45) is 7.26. The van der Waals surface area contributed by atoms with Crippen LogP contribution in [-0.2, 0) is 12.0 Å². The van der Waals surface area contributed by atoms with E-state index in [0.717, 1.165) is 65.8 Å². The van der Waals surface area contributed by atoms with Crippen molar-refractivity contribution < 1.29 is 14.6 Å². The smallest absolute Gasteiger partial charge is 0.320 e. The molecule has 0 saturated carbocycles. The van der Waals surface area contributed by atoms with E-state index < -0.39 is 0 Å². The molecule has 11 heteroatoms. The molecule has 11 nitrogen and oxygen atoms in total. The van der Waals surface area contributed by atoms with E-state index in [1.54, 1.807) is 4.68 Å². The van der Waals surface area contributed by atoms with E-state index in [2.05, 4.69) is 64.7 Å². The Bertz CT molecular complexity index is 1900. The molecule has 7 rings (SSSR count). The first kappa shape index (κ1) is 31.7. The molecular weight excluding hydrogens is 604 g/mol. The molecule has 1 fully saturated rings. The summed E-state index contributed by atoms with van der Waals surface area (Å²) in [6.45, 7) is 8.72. The van der Waals surface area contributed by atoms with Crippen molar-refractivity contribution in [2.45, 2.75) is 76.9 Å². The zero-order valence-electron chi connectivity index (χ0n) is 27.9. The van der Waals surface area contributed by atoms with Crippen molar-refractivity contribution in [1.82, 2.24) is 29.7 Å². The van der Waals surface area contributed by atoms with Crippen molar-refractivity contribution in [3.63, 3.8) is 0 Å². The molecule has 3 aromatic heterocycles. The van der Waals surface area contributed by atoms with E-state index in [1.165, 1.54) is 24.8 Å². The minimum Gasteiger partial charge on any atom is -0.491 e. The number of rotatable bonds is 8. The quantitative estimate of drug-likeness (QED) is 0.175. The minimum atomic E-state index is -0.295. The number of benzene rings is 2. The molecule has 1 saturated heterocycles. The van der Waals surface area contributed by atoms with Crippen molar-refractivity contribution in [2.75, 3.05) is 29.9 Å². The Labute approximate surface area is 280 Å². The molecule has 0 bridgehead atoms. The predicted octanol–water partition coefficient (Wildman–Crippen LogP) is 6.51. The second-order valence-corrected chi connectivity index (χ2v) is 13.9. The Kier molecular flexibility index (Phi) is 8.79. The Morgan fingerprint density at radius 1 is 0.958 bits per heavy atom. The van der Waals surface area contributed by atoms with E-state index in [-0.39, 0.29) is 30.0 Å². The Balaban J connectivity index is 1.05. The molecule has 0 radical (unpaired) electrons. The summed E-state index contributed by atoms with van der Waals surface area (Å²) in [5, 5.41) is 29.7. The summed E-state index contributed by atoms with van der Waals surface area (Å²) in [5.74, 6) is 2.42. The van der Waals surface area contributed by atoms with Gasteiger partial charge in [0, 0.05) is 30.5 Å². The Morgan fingerprint density at radius 2 is 1.77 bits per heavy atom. The van der Waals surface area contributed by atoms with Gasteiger partial charge in [-0.05, 0) is 73.1 Å². The number of aromatic nitrogens is 5. The number of amides is 2. The summed E-state index contributed by atoms with van der Waals surface area (Å²) >= 11 is 0. The largest absolute Gasteiger partial charge is 0.491 e. The Hall–Kier alpha value is -4.90. The third-order valence-corrected chi connectivity index (χ3v) is 9.42. The second kappa shape index (κ2) is 13.3. The lowest BCUT2D eigenvalue weighted by Crippen LogP contribution is -2.36. The lowest BCUT2D eigenvalue weighted by Gasteiger charge is -2.32. The maximum absolute atomic E-state index is 13.5. The number of fused-ring (bicyclic) bond motifs is 2. The Morgan fingerprint density at radius 3 is 2.56 bits per heavy atom. The number of aliphatic hydroxyl groups excluding tert-OH is 1. The minimum absolute atomic E-state index is 0.0748. The molecule has 5 aromatic rings. The first-order valence-electron chi connectivity index (χ1n) is 17.0. The molecule has 2 amide bonds. The highest BCUT2D eigenvalue weighted by Crippen LogP contribution is 2.38. The molecule has 4 heterocycles. The number of nitrogens with one attached hydrogen (secondary N) is 2. The molecule has 2 atom stereocenters. The van der Waals surface area contributed by atoms with Crippen molar-refractivity contribution in [3.8, 4) is 11.4 Å². The van der Waals surface area contributed by atoms with E-state index >= 15 is 0 Å². The van der Waals surface area contributed by atoms with Crippen molar-refractivity contribution in [3.05, 3.63) is 95.3 Å². The summed E-state index contributed by atoms with van der Waals surface area (Å²) in [6, 6.07) is 21.2. The molecule has 1 unspecified atom stereocenters. The third kappa shape index (κ3) is 6.60. The molecule has 1 aliphatic carbocycles. The molecule has 1 aliphatic heterocycles. The van der Waals surface area contributed by atoms with Crippen LogP contribution in [0.4, 0.5) is 16.6 Å². The van der Waals surface area contributed by atoms with Crippen LogP contribution in [-0.4, -0.2) is 55.2 Å². The van der Waals surface area contributed by atoms with Gasteiger partial charge < -0.3 is 20.1 Å². The number of hydrogen-bond donors (Lipinski definition) is 3. The van der Waals surface area contributed by atoms with Gasteiger partial charge in [-0.3, -0.25) is 9.72 Å². The lowest BCUT2D eigenvalue weighted by molar-refractivity contribution is 0.241. The number of urea groups is 1. The lowest BCUT2D eigenvalue weighted by atomic mass is 9.80. The number of carbonyl (C=O) groups excluding carboxylic acids is 1. The first-order chi connectivity index (χ1) is 23.3. The molecular formula is C37H44N8O3. The van der Waals surface area contributed by atoms with E-state index in [4.69, 9.17) is 9.84 Å². The van der Waals surface area contributed by atoms with Crippen molar-refractivity contribution in [2.24, 2.45) is 0 Å². The standard InChI is InChI=1S/C37H44N8O3/c1-37(2,3)32-21-34(45(42-32)27-11-9-10-25(20-27)23-46)39-35(47)38-31-16-14-26(29-12-5-6-13-30(29)31)24-48-28-15-17-33-40-41-36(44(33)22-28)43-18-7-4-8-19-43/h5-6,9-13,15,17,20-22,26,31,46H,4,7-8,14,16,18-19,23-24H2,1-3H3,(H2,38,39,47)/t26?,31-/m0/s1. The summed E-state index contributed by atoms with van der Waals surface area (Å²) < 4.78 is 10.2. The van der Waals surface area contributed by atoms with Crippen LogP contribution in [0.5, 0.6) is 5.75 Å². The van der Waals surface area contributed by atoms with Gasteiger partial charge in [-0.15, -0.1) is 10.2 Å². The van der Waals surface area contributed by atoms with Crippen LogP contribution >= 0.6 is 0 Å². The van der Waals surface area contributed by atoms with Gasteiger partial charge in [-0.2, -0.15) is 5.10 Å². The molecule has 48 heavy (non-hydrogen) atoms. The molecule has 0 spiro atoms. The zero-order valence-corrected chi connectivity index (χ0v) is 27.9. The average molecular weight is 649 g/mol. The van der Waals surface area contributed by atoms with E-state index in [1.807, 2.05) is 59.1 Å². The van der Waals surface area contributed by atoms with Gasteiger partial charge in [0.2, 0.25) is 5.95 Å². The highest BCUT2D eigenvalue weighted by Gasteiger charge is 2.29. The average Bonchev–Trinajstić information content (AvgIpc) is 3.73. The van der Waals surface area contributed by atoms with Crippen LogP contribution in [0.25, 0.3) is 11.3 Å². The van der Waals surface area contributed by atoms with Gasteiger partial charge in [-0.1, -0.05) is 57.2 Å². The monoisotopic (exact) mass is 648 g/mol. The van der Waals surface area contributed by atoms with Gasteiger partial charge in [-0.25, -0.2) is 9.48 Å². The van der Waals surface area contributed by atoms with Crippen LogP contribution in [0.2, 0.25) is 0 Å². The first-order valence-corrected chi connectivity index (χ1v) is 17.0. The van der Waals surface area contributed by atoms with Crippen LogP contribution in [0.1, 0.15) is 87.2 Å². The number of pyridine rings is 1. The normalized spacial score (nSPS) is 18.0. The fraction of sp³-hybridized carbons (Fsp3) is 0.405. The van der Waals surface area contributed by atoms with Crippen molar-refractivity contribution in [1.29, 1.82) is 0 Å². The highest BCUT2D eigenvalue weighted by molar-refractivity contribution is 5.89. The van der Waals surface area contributed by atoms with Crippen LogP contribution in [0.15, 0.2) is 72.9 Å². The molecule has 2 aromatic carbocycles. The third-order valence-electron chi connectivity index (χ3n) is 9.42. The predicted molar refractivity (Wildman–Crippen MR) is 186 cm³/mol. The fourth-order valence-corrected chi connectivity index (χ4v) is 6.78. The number of anilines is 2. The SMILES string of the molecule is CC(C)(C)c1cc(NC(=O)N[C@H]2CCC(COc3ccc4nnc(N5CCCCC5)n4c3)c3ccccc32)n(-c2cccc(CO)c2)n1. The number of nitrogens with zero attached hydrogens (tertiary/aromatic N) is 6. The van der Waals surface area contributed by atoms with Crippen molar-refractivity contribution >= 4 is 23.4 Å². The topological polar surface area (TPSA) is 122 Å². The van der Waals surface area contributed by atoms with E-state index in [9.17, 15) is 9.90 Å². The number of carbonyl (C=O) groups is 1. The summed E-state index contributed by atoms with van der Waals surface area (Å²) in [7, 11) is 0. The highest BCUT2D eigenvalue weighted by atomic mass is 16.5. The number of aliphatic hydroxyl groups is 1. The number of ether oxygens (including phenoxy) is 1. The number of hydrogen-bond acceptors (Lipinski definition) is 7. The zero-order chi connectivity index (χ0) is 33.3. The molecule has 250 valence electrons. The summed E-state index contributed by atoms with van der Waals surface area (Å²) in [5.41, 5.74) is 5.28. The number of piperidine rings is 1. The second-order valence-electron chi connectivity index (χ2n) is 13.9. The van der Waals surface area contributed by atoms with Gasteiger partial charge in [0.05, 0.1) is 36.8 Å². The van der Waals surface area contributed by atoms with Crippen LogP contribution in [0.3, 0.4) is 0 Å². The van der Waals surface area contributed by atoms with Gasteiger partial charge in [0.15, 0.2) is 5.65 Å². The van der Waals surface area contributed by atoms with Crippen LogP contribution < -0.4 is 20.3 Å². The van der Waals surface area contributed by atoms with Gasteiger partial charge >= 0.3 is 6.03 Å². The fourth-order valence-electron chi connectivity index (χ4n) is 6.78. The summed E-state index contributed by atoms with van der Waals surface area (Å²) in [4.78, 5) is 15.8. The molecule has 3 N–H and O–H groups in total. The maximum Gasteiger partial charge on any atom is 0.320 e. The van der Waals surface area contributed by atoms with Gasteiger partial charge in [0.25, 0.3) is 0 Å².